The highest BCUT2D eigenvalue weighted by Crippen LogP contribution is 2.24. The Bertz CT molecular complexity index is 516. The molecule has 1 aromatic heterocycles. The molecule has 0 aliphatic heterocycles. The number of aliphatic hydroxyl groups excluding tert-OH is 1. The van der Waals surface area contributed by atoms with Crippen molar-refractivity contribution in [3.05, 3.63) is 35.5 Å². The number of rotatable bonds is 4. The lowest BCUT2D eigenvalue weighted by Gasteiger charge is -2.14. The molecule has 3 nitrogen and oxygen atoms in total. The van der Waals surface area contributed by atoms with Crippen LogP contribution in [0.15, 0.2) is 24.3 Å². The van der Waals surface area contributed by atoms with Gasteiger partial charge in [-0.05, 0) is 32.5 Å². The van der Waals surface area contributed by atoms with Crippen molar-refractivity contribution >= 4 is 10.9 Å². The van der Waals surface area contributed by atoms with Gasteiger partial charge in [0.05, 0.1) is 12.6 Å². The number of fused-ring (bicyclic) bond motifs is 1. The van der Waals surface area contributed by atoms with Gasteiger partial charge < -0.3 is 15.0 Å². The Morgan fingerprint density at radius 1 is 1.29 bits per heavy atom. The minimum absolute atomic E-state index is 0.353. The van der Waals surface area contributed by atoms with Gasteiger partial charge in [-0.25, -0.2) is 0 Å². The maximum atomic E-state index is 9.91. The fourth-order valence-electron chi connectivity index (χ4n) is 2.35. The lowest BCUT2D eigenvalue weighted by atomic mass is 10.2. The fraction of sp³-hybridized carbons (Fsp3) is 0.429. The third-order valence-corrected chi connectivity index (χ3v) is 3.38. The van der Waals surface area contributed by atoms with E-state index in [4.69, 9.17) is 0 Å². The van der Waals surface area contributed by atoms with Crippen LogP contribution in [0.2, 0.25) is 0 Å². The summed E-state index contributed by atoms with van der Waals surface area (Å²) in [7, 11) is 1.86. The van der Waals surface area contributed by atoms with Crippen molar-refractivity contribution in [2.75, 3.05) is 13.6 Å². The van der Waals surface area contributed by atoms with Crippen LogP contribution in [0.1, 0.15) is 11.3 Å². The van der Waals surface area contributed by atoms with E-state index in [2.05, 4.69) is 41.9 Å². The first-order valence-corrected chi connectivity index (χ1v) is 6.02. The maximum absolute atomic E-state index is 9.91. The van der Waals surface area contributed by atoms with Crippen LogP contribution >= 0.6 is 0 Å². The molecule has 0 unspecified atom stereocenters. The van der Waals surface area contributed by atoms with Crippen LogP contribution in [0.3, 0.4) is 0 Å². The topological polar surface area (TPSA) is 37.2 Å². The molecule has 0 amide bonds. The molecule has 1 aromatic carbocycles. The van der Waals surface area contributed by atoms with Gasteiger partial charge in [0.15, 0.2) is 0 Å². The normalized spacial score (nSPS) is 13.2. The quantitative estimate of drug-likeness (QED) is 0.844. The minimum atomic E-state index is -0.353. The molecule has 92 valence electrons. The molecule has 1 atom stereocenters. The summed E-state index contributed by atoms with van der Waals surface area (Å²) in [5.74, 6) is 0. The monoisotopic (exact) mass is 232 g/mol. The van der Waals surface area contributed by atoms with E-state index in [1.807, 2.05) is 13.1 Å². The first-order chi connectivity index (χ1) is 8.15. The number of aromatic nitrogens is 1. The van der Waals surface area contributed by atoms with E-state index in [1.165, 1.54) is 22.2 Å². The first-order valence-electron chi connectivity index (χ1n) is 6.02. The Morgan fingerprint density at radius 2 is 2.00 bits per heavy atom. The molecule has 0 aliphatic carbocycles. The van der Waals surface area contributed by atoms with Gasteiger partial charge in [0.1, 0.15) is 0 Å². The second kappa shape index (κ2) is 4.90. The van der Waals surface area contributed by atoms with E-state index >= 15 is 0 Å². The summed E-state index contributed by atoms with van der Waals surface area (Å²) in [6, 6.07) is 8.35. The number of likely N-dealkylation sites (N-methyl/N-ethyl adjacent to an activating group) is 1. The zero-order chi connectivity index (χ0) is 12.4. The van der Waals surface area contributed by atoms with Crippen molar-refractivity contribution in [2.45, 2.75) is 26.5 Å². The number of hydrogen-bond donors (Lipinski definition) is 2. The van der Waals surface area contributed by atoms with Crippen LogP contribution in [-0.4, -0.2) is 29.4 Å². The zero-order valence-corrected chi connectivity index (χ0v) is 10.7. The van der Waals surface area contributed by atoms with Gasteiger partial charge in [-0.1, -0.05) is 18.2 Å². The zero-order valence-electron chi connectivity index (χ0n) is 10.7. The molecule has 0 saturated heterocycles. The highest BCUT2D eigenvalue weighted by molar-refractivity contribution is 5.85. The Hall–Kier alpha value is -1.32. The molecule has 2 N–H and O–H groups in total. The van der Waals surface area contributed by atoms with Crippen molar-refractivity contribution in [1.82, 2.24) is 9.88 Å². The van der Waals surface area contributed by atoms with Gasteiger partial charge in [-0.2, -0.15) is 0 Å². The van der Waals surface area contributed by atoms with E-state index in [0.29, 0.717) is 13.1 Å². The average Bonchev–Trinajstić information content (AvgIpc) is 2.56. The number of nitrogens with zero attached hydrogens (tertiary/aromatic N) is 1. The molecule has 1 heterocycles. The summed E-state index contributed by atoms with van der Waals surface area (Å²) in [4.78, 5) is 0. The van der Waals surface area contributed by atoms with Gasteiger partial charge in [0.25, 0.3) is 0 Å². The molecule has 0 spiro atoms. The van der Waals surface area contributed by atoms with Crippen molar-refractivity contribution in [3.8, 4) is 0 Å². The van der Waals surface area contributed by atoms with E-state index in [1.54, 1.807) is 0 Å². The van der Waals surface area contributed by atoms with Crippen LogP contribution in [0.5, 0.6) is 0 Å². The number of para-hydroxylation sites is 1. The number of nitrogens with one attached hydrogen (secondary N) is 1. The standard InChI is InChI=1S/C14H20N2O/c1-10-11(2)16(9-12(17)8-15-3)14-7-5-4-6-13(10)14/h4-7,12,15,17H,8-9H2,1-3H3/t12-/m1/s1. The Kier molecular flexibility index (Phi) is 3.50. The molecule has 2 rings (SSSR count). The van der Waals surface area contributed by atoms with E-state index in [0.717, 1.165) is 0 Å². The van der Waals surface area contributed by atoms with Gasteiger partial charge >= 0.3 is 0 Å². The van der Waals surface area contributed by atoms with Gasteiger partial charge in [0, 0.05) is 23.1 Å². The SMILES string of the molecule is CNC[C@@H](O)Cn1c(C)c(C)c2ccccc21. The second-order valence-corrected chi connectivity index (χ2v) is 4.55. The summed E-state index contributed by atoms with van der Waals surface area (Å²) < 4.78 is 2.20. The van der Waals surface area contributed by atoms with Crippen LogP contribution in [-0.2, 0) is 6.54 Å². The minimum Gasteiger partial charge on any atom is -0.390 e. The molecule has 2 aromatic rings. The Balaban J connectivity index is 2.42. The van der Waals surface area contributed by atoms with E-state index in [9.17, 15) is 5.11 Å². The Morgan fingerprint density at radius 3 is 2.71 bits per heavy atom. The lowest BCUT2D eigenvalue weighted by Crippen LogP contribution is -2.28. The predicted octanol–water partition coefficient (Wildman–Crippen LogP) is 1.84. The molecule has 3 heteroatoms. The van der Waals surface area contributed by atoms with E-state index in [-0.39, 0.29) is 6.10 Å². The summed E-state index contributed by atoms with van der Waals surface area (Å²) >= 11 is 0. The summed E-state index contributed by atoms with van der Waals surface area (Å²) in [6.07, 6.45) is -0.353. The smallest absolute Gasteiger partial charge is 0.0843 e. The van der Waals surface area contributed by atoms with Crippen molar-refractivity contribution in [2.24, 2.45) is 0 Å². The maximum Gasteiger partial charge on any atom is 0.0843 e. The van der Waals surface area contributed by atoms with Gasteiger partial charge in [-0.15, -0.1) is 0 Å². The highest BCUT2D eigenvalue weighted by Gasteiger charge is 2.12. The molecular weight excluding hydrogens is 212 g/mol. The van der Waals surface area contributed by atoms with Gasteiger partial charge in [0.2, 0.25) is 0 Å². The number of hydrogen-bond acceptors (Lipinski definition) is 2. The second-order valence-electron chi connectivity index (χ2n) is 4.55. The van der Waals surface area contributed by atoms with E-state index < -0.39 is 0 Å². The summed E-state index contributed by atoms with van der Waals surface area (Å²) in [6.45, 7) is 5.51. The third kappa shape index (κ3) is 2.21. The summed E-state index contributed by atoms with van der Waals surface area (Å²) in [5, 5.41) is 14.2. The highest BCUT2D eigenvalue weighted by atomic mass is 16.3. The van der Waals surface area contributed by atoms with Gasteiger partial charge in [-0.3, -0.25) is 0 Å². The van der Waals surface area contributed by atoms with Crippen LogP contribution in [0.4, 0.5) is 0 Å². The van der Waals surface area contributed by atoms with Crippen molar-refractivity contribution in [3.63, 3.8) is 0 Å². The molecule has 17 heavy (non-hydrogen) atoms. The number of benzene rings is 1. The van der Waals surface area contributed by atoms with Crippen molar-refractivity contribution < 1.29 is 5.11 Å². The molecule has 0 radical (unpaired) electrons. The molecular formula is C14H20N2O. The molecule has 0 fully saturated rings. The van der Waals surface area contributed by atoms with Crippen LogP contribution in [0.25, 0.3) is 10.9 Å². The predicted molar refractivity (Wildman–Crippen MR) is 71.3 cm³/mol. The molecule has 0 aliphatic rings. The first kappa shape index (κ1) is 12.1. The van der Waals surface area contributed by atoms with Crippen LogP contribution in [0, 0.1) is 13.8 Å². The Labute approximate surface area is 102 Å². The third-order valence-electron chi connectivity index (χ3n) is 3.38. The summed E-state index contributed by atoms with van der Waals surface area (Å²) in [5.41, 5.74) is 3.75. The average molecular weight is 232 g/mol. The van der Waals surface area contributed by atoms with Crippen molar-refractivity contribution in [1.29, 1.82) is 0 Å². The molecule has 0 saturated carbocycles. The number of aliphatic hydroxyl groups is 1. The fourth-order valence-corrected chi connectivity index (χ4v) is 2.35. The number of aryl methyl sites for hydroxylation is 1. The largest absolute Gasteiger partial charge is 0.390 e. The lowest BCUT2D eigenvalue weighted by molar-refractivity contribution is 0.155. The molecule has 0 bridgehead atoms. The van der Waals surface area contributed by atoms with Crippen LogP contribution < -0.4 is 5.32 Å².